The molecule has 0 aliphatic heterocycles. The Morgan fingerprint density at radius 1 is 0.457 bits per heavy atom. The van der Waals surface area contributed by atoms with Crippen molar-refractivity contribution in [1.29, 1.82) is 0 Å². The van der Waals surface area contributed by atoms with E-state index in [9.17, 15) is 14.4 Å². The number of carbonyl (C=O) groups excluding carboxylic acids is 3. The summed E-state index contributed by atoms with van der Waals surface area (Å²) in [4.78, 5) is 37.2. The second kappa shape index (κ2) is 17.8. The van der Waals surface area contributed by atoms with E-state index in [0.29, 0.717) is 23.1 Å². The highest BCUT2D eigenvalue weighted by atomic mass is 16.2. The second-order valence-corrected chi connectivity index (χ2v) is 9.72. The molecule has 0 unspecified atom stereocenters. The Balaban J connectivity index is 1.51. The van der Waals surface area contributed by atoms with E-state index in [1.807, 2.05) is 0 Å². The van der Waals surface area contributed by atoms with Crippen molar-refractivity contribution >= 4 is 17.3 Å². The molecule has 3 nitrogen and oxygen atoms in total. The van der Waals surface area contributed by atoms with Gasteiger partial charge in [0.2, 0.25) is 11.6 Å². The van der Waals surface area contributed by atoms with Gasteiger partial charge in [-0.1, -0.05) is 151 Å². The van der Waals surface area contributed by atoms with Crippen LogP contribution in [0.2, 0.25) is 0 Å². The van der Waals surface area contributed by atoms with Crippen LogP contribution in [0.1, 0.15) is 141 Å². The van der Waals surface area contributed by atoms with Gasteiger partial charge in [0.05, 0.1) is 0 Å². The second-order valence-electron chi connectivity index (χ2n) is 9.72. The van der Waals surface area contributed by atoms with Gasteiger partial charge in [0, 0.05) is 23.1 Å². The quantitative estimate of drug-likeness (QED) is 0.109. The molecule has 0 aliphatic rings. The number of hydrogen-bond acceptors (Lipinski definition) is 3. The third-order valence-corrected chi connectivity index (χ3v) is 6.72. The number of unbranched alkanes of at least 4 members (excludes halogenated alkanes) is 14. The molecule has 0 radical (unpaired) electrons. The van der Waals surface area contributed by atoms with Gasteiger partial charge in [-0.15, -0.1) is 0 Å². The third kappa shape index (κ3) is 11.6. The summed E-state index contributed by atoms with van der Waals surface area (Å²) in [5.74, 6) is -0.965. The lowest BCUT2D eigenvalue weighted by Gasteiger charge is -2.05. The highest BCUT2D eigenvalue weighted by molar-refractivity contribution is 6.49. The molecule has 0 fully saturated rings. The zero-order valence-electron chi connectivity index (χ0n) is 21.7. The largest absolute Gasteiger partial charge is 0.294 e. The Hall–Kier alpha value is -2.55. The van der Waals surface area contributed by atoms with Crippen molar-refractivity contribution in [2.24, 2.45) is 0 Å². The van der Waals surface area contributed by atoms with Gasteiger partial charge >= 0.3 is 0 Å². The summed E-state index contributed by atoms with van der Waals surface area (Å²) in [7, 11) is 0. The predicted molar refractivity (Wildman–Crippen MR) is 145 cm³/mol. The van der Waals surface area contributed by atoms with E-state index in [2.05, 4.69) is 6.92 Å². The van der Waals surface area contributed by atoms with Crippen LogP contribution in [0.4, 0.5) is 0 Å². The van der Waals surface area contributed by atoms with Crippen LogP contribution in [0, 0.1) is 0 Å². The van der Waals surface area contributed by atoms with Crippen LogP contribution >= 0.6 is 0 Å². The first-order valence-corrected chi connectivity index (χ1v) is 13.9. The number of carbonyl (C=O) groups is 3. The molecule has 3 heteroatoms. The molecule has 0 spiro atoms. The Labute approximate surface area is 212 Å². The molecule has 35 heavy (non-hydrogen) atoms. The first-order chi connectivity index (χ1) is 17.1. The summed E-state index contributed by atoms with van der Waals surface area (Å²) >= 11 is 0. The molecule has 0 amide bonds. The Kier molecular flexibility index (Phi) is 14.6. The highest BCUT2D eigenvalue weighted by Gasteiger charge is 2.18. The van der Waals surface area contributed by atoms with E-state index in [1.54, 1.807) is 54.6 Å². The smallest absolute Gasteiger partial charge is 0.233 e. The standard InChI is InChI=1S/C32H44O3/c1-2-3-4-5-6-7-8-9-10-11-12-13-14-15-19-22-30(33)27-23-25-29(26-24-27)32(35)31(34)28-20-17-16-18-21-28/h16-18,20-21,23-26H,2-15,19,22H2,1H3. The fraction of sp³-hybridized carbons (Fsp3) is 0.531. The number of benzene rings is 2. The molecule has 190 valence electrons. The summed E-state index contributed by atoms with van der Waals surface area (Å²) in [6.45, 7) is 2.27. The summed E-state index contributed by atoms with van der Waals surface area (Å²) in [5, 5.41) is 0. The number of rotatable bonds is 20. The summed E-state index contributed by atoms with van der Waals surface area (Å²) in [6.07, 6.45) is 20.1. The van der Waals surface area contributed by atoms with Gasteiger partial charge in [-0.25, -0.2) is 0 Å². The van der Waals surface area contributed by atoms with Crippen LogP contribution in [-0.4, -0.2) is 17.3 Å². The van der Waals surface area contributed by atoms with Crippen LogP contribution in [0.15, 0.2) is 54.6 Å². The average molecular weight is 477 g/mol. The molecule has 0 heterocycles. The Morgan fingerprint density at radius 2 is 0.829 bits per heavy atom. The van der Waals surface area contributed by atoms with E-state index in [-0.39, 0.29) is 5.78 Å². The molecule has 0 N–H and O–H groups in total. The first-order valence-electron chi connectivity index (χ1n) is 13.9. The van der Waals surface area contributed by atoms with E-state index in [4.69, 9.17) is 0 Å². The normalized spacial score (nSPS) is 10.9. The monoisotopic (exact) mass is 476 g/mol. The van der Waals surface area contributed by atoms with Gasteiger partial charge in [-0.05, 0) is 6.42 Å². The molecule has 0 aliphatic carbocycles. The molecular formula is C32H44O3. The molecule has 2 aromatic carbocycles. The van der Waals surface area contributed by atoms with Crippen molar-refractivity contribution in [3.05, 3.63) is 71.3 Å². The molecule has 0 saturated carbocycles. The third-order valence-electron chi connectivity index (χ3n) is 6.72. The van der Waals surface area contributed by atoms with Crippen LogP contribution in [0.5, 0.6) is 0 Å². The molecule has 0 bridgehead atoms. The fourth-order valence-electron chi connectivity index (χ4n) is 4.46. The van der Waals surface area contributed by atoms with Gasteiger partial charge in [-0.3, -0.25) is 14.4 Å². The SMILES string of the molecule is CCCCCCCCCCCCCCCCCC(=O)c1ccc(C(=O)C(=O)c2ccccc2)cc1. The summed E-state index contributed by atoms with van der Waals surface area (Å²) in [5.41, 5.74) is 1.31. The lowest BCUT2D eigenvalue weighted by molar-refractivity contribution is 0.0817. The van der Waals surface area contributed by atoms with Gasteiger partial charge in [-0.2, -0.15) is 0 Å². The Morgan fingerprint density at radius 3 is 1.29 bits per heavy atom. The van der Waals surface area contributed by atoms with Crippen molar-refractivity contribution in [1.82, 2.24) is 0 Å². The van der Waals surface area contributed by atoms with Crippen LogP contribution in [-0.2, 0) is 0 Å². The van der Waals surface area contributed by atoms with Crippen molar-refractivity contribution in [3.8, 4) is 0 Å². The lowest BCUT2D eigenvalue weighted by Crippen LogP contribution is -2.14. The maximum Gasteiger partial charge on any atom is 0.233 e. The van der Waals surface area contributed by atoms with Crippen LogP contribution < -0.4 is 0 Å². The van der Waals surface area contributed by atoms with E-state index < -0.39 is 11.6 Å². The fourth-order valence-corrected chi connectivity index (χ4v) is 4.46. The lowest BCUT2D eigenvalue weighted by atomic mass is 9.98. The van der Waals surface area contributed by atoms with Gasteiger partial charge < -0.3 is 0 Å². The molecule has 2 rings (SSSR count). The molecule has 2 aromatic rings. The average Bonchev–Trinajstić information content (AvgIpc) is 2.90. The van der Waals surface area contributed by atoms with Crippen molar-refractivity contribution in [2.45, 2.75) is 110 Å². The predicted octanol–water partition coefficient (Wildman–Crippen LogP) is 9.20. The van der Waals surface area contributed by atoms with Gasteiger partial charge in [0.25, 0.3) is 0 Å². The first kappa shape index (κ1) is 28.7. The minimum absolute atomic E-state index is 0.105. The number of hydrogen-bond donors (Lipinski definition) is 0. The van der Waals surface area contributed by atoms with Gasteiger partial charge in [0.1, 0.15) is 0 Å². The number of Topliss-reactive ketones (excluding diaryl/α,β-unsaturated/α-hetero) is 3. The maximum atomic E-state index is 12.5. The van der Waals surface area contributed by atoms with E-state index in [0.717, 1.165) is 12.8 Å². The van der Waals surface area contributed by atoms with Crippen molar-refractivity contribution in [3.63, 3.8) is 0 Å². The number of ketones is 3. The highest BCUT2D eigenvalue weighted by Crippen LogP contribution is 2.16. The maximum absolute atomic E-state index is 12.5. The topological polar surface area (TPSA) is 51.2 Å². The molecule has 0 saturated heterocycles. The minimum atomic E-state index is -0.544. The Bertz CT molecular complexity index is 867. The molecule has 0 atom stereocenters. The minimum Gasteiger partial charge on any atom is -0.294 e. The zero-order chi connectivity index (χ0) is 25.1. The summed E-state index contributed by atoms with van der Waals surface area (Å²) < 4.78 is 0. The van der Waals surface area contributed by atoms with E-state index >= 15 is 0 Å². The zero-order valence-corrected chi connectivity index (χ0v) is 21.7. The van der Waals surface area contributed by atoms with Crippen LogP contribution in [0.25, 0.3) is 0 Å². The van der Waals surface area contributed by atoms with Gasteiger partial charge in [0.15, 0.2) is 5.78 Å². The van der Waals surface area contributed by atoms with Crippen LogP contribution in [0.3, 0.4) is 0 Å². The van der Waals surface area contributed by atoms with E-state index in [1.165, 1.54) is 83.5 Å². The van der Waals surface area contributed by atoms with Crippen molar-refractivity contribution in [2.75, 3.05) is 0 Å². The summed E-state index contributed by atoms with van der Waals surface area (Å²) in [6, 6.07) is 15.1. The molecule has 0 aromatic heterocycles. The van der Waals surface area contributed by atoms with Crippen molar-refractivity contribution < 1.29 is 14.4 Å². The molecular weight excluding hydrogens is 432 g/mol.